The lowest BCUT2D eigenvalue weighted by Gasteiger charge is -2.35. The second-order valence-corrected chi connectivity index (χ2v) is 23.2. The van der Waals surface area contributed by atoms with Crippen LogP contribution in [-0.2, 0) is 91.5 Å². The Morgan fingerprint density at radius 1 is 0.652 bits per heavy atom. The molecule has 0 fully saturated rings. The summed E-state index contributed by atoms with van der Waals surface area (Å²) in [5, 5.41) is 11.8. The highest BCUT2D eigenvalue weighted by Crippen LogP contribution is 2.44. The van der Waals surface area contributed by atoms with E-state index in [9.17, 15) is 47.9 Å². The molecular weight excluding hydrogens is 1190 g/mol. The molecule has 0 aliphatic carbocycles. The average Bonchev–Trinajstić information content (AvgIpc) is 1.40. The molecule has 3 aliphatic rings. The van der Waals surface area contributed by atoms with E-state index in [1.165, 1.54) is 17.6 Å². The van der Waals surface area contributed by atoms with Crippen molar-refractivity contribution >= 4 is 69.7 Å². The molecule has 6 aromatic rings. The Balaban J connectivity index is 0.813. The number of cyclic esters (lactones) is 2. The molecule has 9 N–H and O–H groups in total. The van der Waals surface area contributed by atoms with Gasteiger partial charge < -0.3 is 70.7 Å². The van der Waals surface area contributed by atoms with Crippen LogP contribution in [0.4, 0.5) is 9.59 Å². The van der Waals surface area contributed by atoms with Crippen LogP contribution in [0.5, 0.6) is 11.5 Å². The Kier molecular flexibility index (Phi) is 20.6. The minimum Gasteiger partial charge on any atom is -0.457 e. The molecule has 26 heteroatoms. The number of H-pyrrole nitrogens is 1. The molecule has 5 atom stereocenters. The number of amides is 4. The number of benzene rings is 2. The molecular formula is C66H78N10O16. The van der Waals surface area contributed by atoms with Crippen molar-refractivity contribution in [2.75, 3.05) is 26.2 Å². The van der Waals surface area contributed by atoms with Crippen molar-refractivity contribution in [2.24, 2.45) is 17.4 Å². The van der Waals surface area contributed by atoms with E-state index >= 15 is 0 Å². The zero-order valence-electron chi connectivity index (χ0n) is 52.9. The summed E-state index contributed by atoms with van der Waals surface area (Å²) >= 11 is 0. The van der Waals surface area contributed by atoms with Gasteiger partial charge in [-0.2, -0.15) is 0 Å². The van der Waals surface area contributed by atoms with Gasteiger partial charge in [0.1, 0.15) is 37.8 Å². The van der Waals surface area contributed by atoms with E-state index in [1.807, 2.05) is 34.6 Å². The number of rotatable bonds is 25. The molecule has 0 saturated carbocycles. The normalized spacial score (nSPS) is 17.2. The number of hydrogen-bond acceptors (Lipinski definition) is 20. The molecule has 4 amide bonds. The first-order valence-electron chi connectivity index (χ1n) is 31.2. The molecule has 2 unspecified atom stereocenters. The summed E-state index contributed by atoms with van der Waals surface area (Å²) in [6.07, 6.45) is 1.93. The lowest BCUT2D eigenvalue weighted by molar-refractivity contribution is -0.189. The highest BCUT2D eigenvalue weighted by Gasteiger charge is 2.52. The SMILES string of the molecule is CCc1c(C)c(-c2cc3c(c(=O)[nH]2)COC(=O)[C@@]3(CC)OC(=O)CNC(=O)[C@@H](C)CCC(=O)NCC(=O)O[C@]2(CC)C(=O)OCc3c2cc2n(c3=O)Cc3c-2nc2ccc(OC(=O)NCCC(N)CC)cc2c3CC)nc2ccc(OC(=O)NCCC(N)CC)cc12. The second-order valence-electron chi connectivity index (χ2n) is 23.2. The fourth-order valence-corrected chi connectivity index (χ4v) is 12.0. The fraction of sp³-hybridized carbons (Fsp3) is 0.455. The van der Waals surface area contributed by atoms with Gasteiger partial charge in [0.15, 0.2) is 0 Å². The molecule has 9 rings (SSSR count). The zero-order valence-corrected chi connectivity index (χ0v) is 52.9. The highest BCUT2D eigenvalue weighted by molar-refractivity contribution is 5.94. The number of esters is 4. The summed E-state index contributed by atoms with van der Waals surface area (Å²) in [4.78, 5) is 148. The van der Waals surface area contributed by atoms with Gasteiger partial charge in [0.05, 0.1) is 51.5 Å². The molecule has 92 heavy (non-hydrogen) atoms. The topological polar surface area (TPSA) is 373 Å². The van der Waals surface area contributed by atoms with Crippen LogP contribution in [0.1, 0.15) is 144 Å². The molecule has 3 aliphatic heterocycles. The summed E-state index contributed by atoms with van der Waals surface area (Å²) in [6, 6.07) is 13.1. The Morgan fingerprint density at radius 2 is 1.17 bits per heavy atom. The van der Waals surface area contributed by atoms with Crippen LogP contribution >= 0.6 is 0 Å². The van der Waals surface area contributed by atoms with Gasteiger partial charge in [-0.15, -0.1) is 0 Å². The third-order valence-corrected chi connectivity index (χ3v) is 17.5. The predicted molar refractivity (Wildman–Crippen MR) is 336 cm³/mol. The van der Waals surface area contributed by atoms with Crippen molar-refractivity contribution in [3.63, 3.8) is 0 Å². The van der Waals surface area contributed by atoms with Crippen LogP contribution in [0, 0.1) is 12.8 Å². The number of nitrogens with zero attached hydrogens (tertiary/aromatic N) is 3. The number of carbonyl (C=O) groups excluding carboxylic acids is 8. The Morgan fingerprint density at radius 3 is 1.72 bits per heavy atom. The van der Waals surface area contributed by atoms with Gasteiger partial charge in [-0.3, -0.25) is 28.8 Å². The molecule has 0 saturated heterocycles. The quantitative estimate of drug-likeness (QED) is 0.0256. The summed E-state index contributed by atoms with van der Waals surface area (Å²) in [7, 11) is 0. The number of nitrogens with one attached hydrogen (secondary N) is 5. The van der Waals surface area contributed by atoms with Gasteiger partial charge in [-0.05, 0) is 130 Å². The van der Waals surface area contributed by atoms with E-state index in [0.29, 0.717) is 89.3 Å². The number of pyridine rings is 4. The third-order valence-electron chi connectivity index (χ3n) is 17.5. The first-order chi connectivity index (χ1) is 44.0. The molecule has 7 heterocycles. The van der Waals surface area contributed by atoms with Gasteiger partial charge in [0.25, 0.3) is 11.1 Å². The highest BCUT2D eigenvalue weighted by atomic mass is 16.6. The van der Waals surface area contributed by atoms with Gasteiger partial charge >= 0.3 is 36.1 Å². The number of ether oxygens (including phenoxy) is 6. The Bertz CT molecular complexity index is 4070. The Hall–Kier alpha value is -9.56. The van der Waals surface area contributed by atoms with Crippen LogP contribution in [0.2, 0.25) is 0 Å². The van der Waals surface area contributed by atoms with E-state index in [4.69, 9.17) is 49.9 Å². The van der Waals surface area contributed by atoms with Crippen molar-refractivity contribution in [1.29, 1.82) is 0 Å². The standard InChI is InChI=1S/C66H78N10O16/c1-9-36(67)21-23-69-63(85)89-38-16-18-49-42(25-38)40(11-3)35(8)56(73-49)51-27-47-45(59(81)75-51)32-87-61(83)65(47,13-5)92-55(79)30-72-58(80)34(7)15-20-53(77)71-29-54(78)91-66(14-6)48-28-52-57-44(31-76(52)60(82)46(48)33-88-62(66)84)41(12-4)43-26-39(17-19-50(43)74-57)90-64(86)70-24-22-37(68)10-2/h16-19,25-28,34,36-37H,9-15,20-24,29-33,67-68H2,1-8H3,(H,69,85)(H,70,86)(H,71,77)(H,72,80)(H,75,81)/t34-,36?,37?,65-,66-/m0/s1. The molecule has 4 aromatic heterocycles. The Labute approximate surface area is 529 Å². The molecule has 488 valence electrons. The van der Waals surface area contributed by atoms with E-state index in [1.54, 1.807) is 56.3 Å². The van der Waals surface area contributed by atoms with Crippen LogP contribution in [0.3, 0.4) is 0 Å². The fourth-order valence-electron chi connectivity index (χ4n) is 12.0. The number of carbonyl (C=O) groups is 8. The molecule has 0 radical (unpaired) electrons. The van der Waals surface area contributed by atoms with Gasteiger partial charge in [-0.25, -0.2) is 29.1 Å². The maximum atomic E-state index is 14.4. The molecule has 0 spiro atoms. The monoisotopic (exact) mass is 1270 g/mol. The van der Waals surface area contributed by atoms with Crippen LogP contribution in [-0.4, -0.2) is 106 Å². The van der Waals surface area contributed by atoms with E-state index in [2.05, 4.69) is 26.3 Å². The number of fused-ring (bicyclic) bond motifs is 7. The lowest BCUT2D eigenvalue weighted by atomic mass is 9.85. The number of aromatic nitrogens is 4. The smallest absolute Gasteiger partial charge is 0.412 e. The first kappa shape index (κ1) is 66.8. The maximum Gasteiger partial charge on any atom is 0.412 e. The minimum atomic E-state index is -2.10. The molecule has 0 bridgehead atoms. The molecule has 26 nitrogen and oxygen atoms in total. The summed E-state index contributed by atoms with van der Waals surface area (Å²) in [5.41, 5.74) is 12.8. The summed E-state index contributed by atoms with van der Waals surface area (Å²) in [5.74, 6) is -5.45. The summed E-state index contributed by atoms with van der Waals surface area (Å²) in [6.45, 7) is 13.0. The van der Waals surface area contributed by atoms with Crippen molar-refractivity contribution < 1.29 is 66.8 Å². The first-order valence-corrected chi connectivity index (χ1v) is 31.2. The van der Waals surface area contributed by atoms with Crippen LogP contribution in [0.25, 0.3) is 44.6 Å². The largest absolute Gasteiger partial charge is 0.457 e. The number of aromatic amines is 1. The van der Waals surface area contributed by atoms with Crippen molar-refractivity contribution in [1.82, 2.24) is 40.8 Å². The van der Waals surface area contributed by atoms with Crippen molar-refractivity contribution in [3.8, 4) is 34.3 Å². The summed E-state index contributed by atoms with van der Waals surface area (Å²) < 4.78 is 35.4. The average molecular weight is 1270 g/mol. The van der Waals surface area contributed by atoms with E-state index in [0.717, 1.165) is 34.9 Å². The third kappa shape index (κ3) is 13.6. The number of aryl methyl sites for hydroxylation is 2. The van der Waals surface area contributed by atoms with Crippen molar-refractivity contribution in [2.45, 2.75) is 163 Å². The number of nitrogens with two attached hydrogens (primary N) is 2. The minimum absolute atomic E-state index is 0.0458. The van der Waals surface area contributed by atoms with Gasteiger partial charge in [0, 0.05) is 65.0 Å². The van der Waals surface area contributed by atoms with Crippen molar-refractivity contribution in [3.05, 3.63) is 114 Å². The van der Waals surface area contributed by atoms with E-state index in [-0.39, 0.29) is 78.9 Å². The molecule has 2 aromatic carbocycles. The lowest BCUT2D eigenvalue weighted by Crippen LogP contribution is -2.48. The predicted octanol–water partition coefficient (Wildman–Crippen LogP) is 5.95. The van der Waals surface area contributed by atoms with Gasteiger partial charge in [-0.1, -0.05) is 48.5 Å². The van der Waals surface area contributed by atoms with Crippen LogP contribution in [0.15, 0.2) is 58.1 Å². The van der Waals surface area contributed by atoms with Gasteiger partial charge in [0.2, 0.25) is 23.0 Å². The maximum absolute atomic E-state index is 14.4. The van der Waals surface area contributed by atoms with Crippen LogP contribution < -0.4 is 53.3 Å². The second kappa shape index (κ2) is 28.3. The number of hydrogen-bond donors (Lipinski definition) is 7. The zero-order chi connectivity index (χ0) is 66.3. The van der Waals surface area contributed by atoms with E-state index < -0.39 is 95.8 Å².